The second kappa shape index (κ2) is 31.5. The van der Waals surface area contributed by atoms with Gasteiger partial charge in [-0.2, -0.15) is 0 Å². The molecule has 0 bridgehead atoms. The summed E-state index contributed by atoms with van der Waals surface area (Å²) in [4.78, 5) is 22.5. The molecule has 6 aromatic heterocycles. The molecule has 4 nitrogen and oxygen atoms in total. The first-order valence-electron chi connectivity index (χ1n) is 33.2. The van der Waals surface area contributed by atoms with E-state index in [9.17, 15) is 0 Å². The minimum Gasteiger partial charge on any atom is -0.311 e. The summed E-state index contributed by atoms with van der Waals surface area (Å²) in [5.41, 5.74) is 19.8. The fourth-order valence-corrected chi connectivity index (χ4v) is 17.9. The van der Waals surface area contributed by atoms with Crippen LogP contribution < -0.4 is 9.80 Å². The van der Waals surface area contributed by atoms with Crippen LogP contribution in [0.2, 0.25) is 0 Å². The zero-order valence-corrected chi connectivity index (χ0v) is 57.8. The Bertz CT molecular complexity index is 3630. The number of hydrogen-bond acceptors (Lipinski definition) is 10. The molecule has 0 saturated heterocycles. The molecule has 0 aliphatic carbocycles. The van der Waals surface area contributed by atoms with Crippen LogP contribution in [0.1, 0.15) is 153 Å². The number of hydrogen-bond donors (Lipinski definition) is 0. The van der Waals surface area contributed by atoms with Crippen LogP contribution >= 0.6 is 68.0 Å². The van der Waals surface area contributed by atoms with E-state index in [1.807, 2.05) is 45.3 Å². The lowest BCUT2D eigenvalue weighted by Crippen LogP contribution is -2.09. The summed E-state index contributed by atoms with van der Waals surface area (Å²) in [5.74, 6) is 0. The van der Waals surface area contributed by atoms with Gasteiger partial charge in [-0.15, -0.1) is 45.3 Å². The van der Waals surface area contributed by atoms with Gasteiger partial charge in [0.15, 0.2) is 9.66 Å². The molecule has 6 aromatic carbocycles. The fraction of sp³-hybridized carbons (Fsp3) is 0.300. The van der Waals surface area contributed by atoms with Crippen LogP contribution in [0.3, 0.4) is 0 Å². The van der Waals surface area contributed by atoms with E-state index in [0.717, 1.165) is 90.6 Å². The molecule has 0 saturated carbocycles. The van der Waals surface area contributed by atoms with Gasteiger partial charge < -0.3 is 9.80 Å². The topological polar surface area (TPSA) is 32.3 Å². The number of aryl methyl sites for hydroxylation is 4. The molecular formula is C80H84N4S6. The zero-order chi connectivity index (χ0) is 61.4. The number of benzene rings is 6. The van der Waals surface area contributed by atoms with Gasteiger partial charge in [0, 0.05) is 64.8 Å². The molecule has 0 atom stereocenters. The van der Waals surface area contributed by atoms with Crippen LogP contribution in [0.25, 0.3) is 72.6 Å². The summed E-state index contributed by atoms with van der Waals surface area (Å²) in [5, 5.41) is 11.4. The lowest BCUT2D eigenvalue weighted by atomic mass is 10.1. The van der Waals surface area contributed by atoms with Crippen molar-refractivity contribution in [1.82, 2.24) is 9.97 Å². The molecule has 0 aliphatic heterocycles. The van der Waals surface area contributed by atoms with Crippen LogP contribution in [0.4, 0.5) is 34.1 Å². The number of thiophene rings is 4. The Morgan fingerprint density at radius 1 is 0.267 bits per heavy atom. The summed E-state index contributed by atoms with van der Waals surface area (Å²) in [6.07, 6.45) is 25.2. The Balaban J connectivity index is 0.774. The Morgan fingerprint density at radius 2 is 0.489 bits per heavy atom. The van der Waals surface area contributed by atoms with Gasteiger partial charge in [0.1, 0.15) is 10.0 Å². The van der Waals surface area contributed by atoms with Crippen molar-refractivity contribution in [3.8, 4) is 62.9 Å². The highest BCUT2D eigenvalue weighted by atomic mass is 32.1. The molecule has 90 heavy (non-hydrogen) atoms. The van der Waals surface area contributed by atoms with E-state index in [1.54, 1.807) is 22.7 Å². The van der Waals surface area contributed by atoms with Crippen LogP contribution in [0.5, 0.6) is 0 Å². The first kappa shape index (κ1) is 63.4. The third-order valence-electron chi connectivity index (χ3n) is 17.3. The van der Waals surface area contributed by atoms with E-state index in [1.165, 1.54) is 167 Å². The van der Waals surface area contributed by atoms with E-state index in [-0.39, 0.29) is 0 Å². The standard InChI is InChI=1S/C80H84N4S6/c1-5-9-13-17-21-57-49-73(85-53-57)61-25-37-67(38-26-61)83(68-39-27-62(28-40-68)74-50-58(54-86-74)22-18-14-10-6-2)71-45-33-65(34-46-71)77-81-79-80(89-77)82-78(90-79)66-35-47-72(48-36-66)84(69-41-29-63(30-42-69)75-51-59(55-87-75)23-19-15-11-7-3)70-43-31-64(32-44-70)76-52-60(56-88-76)24-20-16-12-8-4/h25-56H,5-24H2,1-4H3. The molecule has 12 aromatic rings. The molecule has 10 heteroatoms. The van der Waals surface area contributed by atoms with Crippen molar-refractivity contribution in [3.63, 3.8) is 0 Å². The van der Waals surface area contributed by atoms with Crippen molar-refractivity contribution >= 4 is 112 Å². The second-order valence-corrected chi connectivity index (χ2v) is 29.7. The Kier molecular flexibility index (Phi) is 22.2. The highest BCUT2D eigenvalue weighted by molar-refractivity contribution is 7.29. The summed E-state index contributed by atoms with van der Waals surface area (Å²) in [7, 11) is 0. The smallest absolute Gasteiger partial charge is 0.155 e. The van der Waals surface area contributed by atoms with E-state index in [0.29, 0.717) is 0 Å². The van der Waals surface area contributed by atoms with Gasteiger partial charge in [0.05, 0.1) is 0 Å². The maximum Gasteiger partial charge on any atom is 0.155 e. The van der Waals surface area contributed by atoms with Gasteiger partial charge in [-0.3, -0.25) is 0 Å². The Hall–Kier alpha value is -6.76. The average Bonchev–Trinajstić information content (AvgIpc) is 1.54. The number of unbranched alkanes of at least 4 members (excludes halogenated alkanes) is 12. The zero-order valence-electron chi connectivity index (χ0n) is 52.9. The summed E-state index contributed by atoms with van der Waals surface area (Å²) in [6.45, 7) is 9.13. The van der Waals surface area contributed by atoms with Crippen LogP contribution in [-0.4, -0.2) is 9.97 Å². The number of rotatable bonds is 32. The van der Waals surface area contributed by atoms with Crippen molar-refractivity contribution in [2.24, 2.45) is 0 Å². The van der Waals surface area contributed by atoms with Gasteiger partial charge in [0.25, 0.3) is 0 Å². The lowest BCUT2D eigenvalue weighted by molar-refractivity contribution is 0.667. The second-order valence-electron chi connectivity index (χ2n) is 24.1. The predicted molar refractivity (Wildman–Crippen MR) is 400 cm³/mol. The summed E-state index contributed by atoms with van der Waals surface area (Å²) in [6, 6.07) is 64.2. The van der Waals surface area contributed by atoms with E-state index in [2.05, 4.69) is 229 Å². The molecule has 0 spiro atoms. The van der Waals surface area contributed by atoms with Crippen molar-refractivity contribution in [2.45, 2.75) is 156 Å². The van der Waals surface area contributed by atoms with Crippen molar-refractivity contribution in [2.75, 3.05) is 9.80 Å². The highest BCUT2D eigenvalue weighted by Crippen LogP contribution is 2.44. The van der Waals surface area contributed by atoms with Gasteiger partial charge in [-0.1, -0.05) is 176 Å². The van der Waals surface area contributed by atoms with Gasteiger partial charge in [-0.25, -0.2) is 9.97 Å². The van der Waals surface area contributed by atoms with Crippen molar-refractivity contribution in [1.29, 1.82) is 0 Å². The van der Waals surface area contributed by atoms with Crippen LogP contribution in [0, 0.1) is 0 Å². The molecule has 12 rings (SSSR count). The molecule has 0 amide bonds. The quantitative estimate of drug-likeness (QED) is 0.0393. The number of fused-ring (bicyclic) bond motifs is 1. The number of aromatic nitrogens is 2. The monoisotopic (exact) mass is 1290 g/mol. The van der Waals surface area contributed by atoms with E-state index < -0.39 is 0 Å². The molecular weight excluding hydrogens is 1210 g/mol. The third kappa shape index (κ3) is 15.9. The molecule has 0 aliphatic rings. The summed E-state index contributed by atoms with van der Waals surface area (Å²) < 4.78 is 0. The third-order valence-corrected chi connectivity index (χ3v) is 23.5. The normalized spacial score (nSPS) is 11.6. The number of nitrogens with zero attached hydrogens (tertiary/aromatic N) is 4. The molecule has 6 heterocycles. The highest BCUT2D eigenvalue weighted by Gasteiger charge is 2.20. The predicted octanol–water partition coefficient (Wildman–Crippen LogP) is 27.4. The SMILES string of the molecule is CCCCCCc1csc(-c2ccc(N(c3ccc(-c4cc(CCCCCC)cs4)cc3)c3ccc(-c4nc5sc(-c6ccc(N(c7ccc(-c8cc(CCCCCC)cs8)cc7)c7ccc(-c8cc(CCCCCC)cs8)cc7)cc6)nc5s4)cc3)cc2)c1. The van der Waals surface area contributed by atoms with E-state index >= 15 is 0 Å². The van der Waals surface area contributed by atoms with Crippen LogP contribution in [-0.2, 0) is 25.7 Å². The maximum absolute atomic E-state index is 5.23. The number of anilines is 6. The fourth-order valence-electron chi connectivity index (χ4n) is 12.0. The van der Waals surface area contributed by atoms with E-state index in [4.69, 9.17) is 9.97 Å². The molecule has 460 valence electrons. The maximum atomic E-state index is 5.23. The first-order chi connectivity index (χ1) is 44.4. The Morgan fingerprint density at radius 3 is 0.711 bits per heavy atom. The minimum absolute atomic E-state index is 0.967. The van der Waals surface area contributed by atoms with Gasteiger partial charge >= 0.3 is 0 Å². The molecule has 0 fully saturated rings. The Labute approximate surface area is 559 Å². The minimum atomic E-state index is 0.967. The average molecular weight is 1290 g/mol. The van der Waals surface area contributed by atoms with Crippen LogP contribution in [0.15, 0.2) is 191 Å². The largest absolute Gasteiger partial charge is 0.311 e. The van der Waals surface area contributed by atoms with Gasteiger partial charge in [-0.05, 0) is 239 Å². The lowest BCUT2D eigenvalue weighted by Gasteiger charge is -2.26. The molecule has 0 N–H and O–H groups in total. The molecule has 0 radical (unpaired) electrons. The first-order valence-corrected chi connectivity index (χ1v) is 38.3. The van der Waals surface area contributed by atoms with Crippen molar-refractivity contribution in [3.05, 3.63) is 214 Å². The van der Waals surface area contributed by atoms with Crippen molar-refractivity contribution < 1.29 is 0 Å². The molecule has 0 unspecified atom stereocenters. The summed E-state index contributed by atoms with van der Waals surface area (Å²) >= 11 is 10.8. The van der Waals surface area contributed by atoms with Gasteiger partial charge in [0.2, 0.25) is 0 Å². The number of thiazole rings is 2.